The average Bonchev–Trinajstić information content (AvgIpc) is 3.26. The van der Waals surface area contributed by atoms with Gasteiger partial charge in [0.1, 0.15) is 36.6 Å². The normalized spacial score (nSPS) is 21.4. The minimum Gasteiger partial charge on any atom is -0.394 e. The lowest BCUT2D eigenvalue weighted by Gasteiger charge is -2.40. The summed E-state index contributed by atoms with van der Waals surface area (Å²) >= 11 is 0. The van der Waals surface area contributed by atoms with Crippen molar-refractivity contribution in [2.24, 2.45) is 0 Å². The Labute approximate surface area is 373 Å². The van der Waals surface area contributed by atoms with Crippen LogP contribution in [0.2, 0.25) is 0 Å². The van der Waals surface area contributed by atoms with E-state index in [4.69, 9.17) is 9.47 Å². The summed E-state index contributed by atoms with van der Waals surface area (Å²) < 4.78 is 11.1. The second-order valence-electron chi connectivity index (χ2n) is 18.6. The second-order valence-corrected chi connectivity index (χ2v) is 18.6. The number of hydrogen-bond acceptors (Lipinski definition) is 10. The van der Waals surface area contributed by atoms with Gasteiger partial charge in [-0.3, -0.25) is 4.79 Å². The molecule has 11 nitrogen and oxygen atoms in total. The van der Waals surface area contributed by atoms with Crippen molar-refractivity contribution in [1.82, 2.24) is 5.32 Å². The molecule has 0 aliphatic carbocycles. The van der Waals surface area contributed by atoms with Crippen molar-refractivity contribution in [2.75, 3.05) is 13.2 Å². The van der Waals surface area contributed by atoms with E-state index in [-0.39, 0.29) is 6.42 Å². The maximum atomic E-state index is 13.1. The van der Waals surface area contributed by atoms with Gasteiger partial charge >= 0.3 is 0 Å². The number of carbonyl (C=O) groups excluding carboxylic acids is 1. The number of amides is 1. The van der Waals surface area contributed by atoms with Gasteiger partial charge in [-0.15, -0.1) is 0 Å². The fourth-order valence-corrected chi connectivity index (χ4v) is 8.62. The van der Waals surface area contributed by atoms with E-state index >= 15 is 0 Å². The molecule has 0 aromatic rings. The highest BCUT2D eigenvalue weighted by Gasteiger charge is 2.44. The van der Waals surface area contributed by atoms with Gasteiger partial charge in [-0.25, -0.2) is 0 Å². The third kappa shape index (κ3) is 30.0. The molecule has 9 atom stereocenters. The zero-order chi connectivity index (χ0) is 44.8. The summed E-state index contributed by atoms with van der Waals surface area (Å²) in [4.78, 5) is 13.1. The van der Waals surface area contributed by atoms with Crippen molar-refractivity contribution < 1.29 is 50.0 Å². The van der Waals surface area contributed by atoms with E-state index in [1.165, 1.54) is 167 Å². The van der Waals surface area contributed by atoms with Crippen LogP contribution in [-0.2, 0) is 14.3 Å². The number of aliphatic hydroxyl groups is 7. The Balaban J connectivity index is 2.30. The van der Waals surface area contributed by atoms with Crippen molar-refractivity contribution in [3.8, 4) is 0 Å². The largest absolute Gasteiger partial charge is 0.394 e. The van der Waals surface area contributed by atoms with Gasteiger partial charge in [-0.2, -0.15) is 0 Å². The summed E-state index contributed by atoms with van der Waals surface area (Å²) in [7, 11) is 0. The second kappa shape index (κ2) is 40.6. The number of aliphatic hydroxyl groups excluding tert-OH is 7. The van der Waals surface area contributed by atoms with Crippen LogP contribution in [-0.4, -0.2) is 110 Å². The van der Waals surface area contributed by atoms with Gasteiger partial charge in [-0.05, 0) is 12.8 Å². The van der Waals surface area contributed by atoms with Crippen LogP contribution in [0.4, 0.5) is 0 Å². The average molecular weight is 874 g/mol. The zero-order valence-corrected chi connectivity index (χ0v) is 39.4. The molecule has 1 aliphatic heterocycles. The third-order valence-corrected chi connectivity index (χ3v) is 12.9. The minimum atomic E-state index is -1.66. The predicted molar refractivity (Wildman–Crippen MR) is 247 cm³/mol. The first-order chi connectivity index (χ1) is 29.7. The summed E-state index contributed by atoms with van der Waals surface area (Å²) in [5, 5.41) is 75.7. The number of hydrogen-bond donors (Lipinski definition) is 8. The van der Waals surface area contributed by atoms with Crippen LogP contribution in [0.5, 0.6) is 0 Å². The molecule has 1 saturated heterocycles. The highest BCUT2D eigenvalue weighted by molar-refractivity contribution is 5.80. The quantitative estimate of drug-likeness (QED) is 0.0274. The van der Waals surface area contributed by atoms with Gasteiger partial charge in [0, 0.05) is 0 Å². The van der Waals surface area contributed by atoms with Crippen molar-refractivity contribution in [3.63, 3.8) is 0 Å². The molecule has 1 heterocycles. The number of carbonyl (C=O) groups is 1. The fraction of sp³-hybridized carbons (Fsp3) is 0.980. The summed E-state index contributed by atoms with van der Waals surface area (Å²) in [6.45, 7) is 3.44. The molecule has 1 rings (SSSR count). The first kappa shape index (κ1) is 58.1. The minimum absolute atomic E-state index is 0.265. The van der Waals surface area contributed by atoms with Gasteiger partial charge in [-0.1, -0.05) is 232 Å². The molecular formula is C50H99NO10. The Morgan fingerprint density at radius 2 is 0.852 bits per heavy atom. The first-order valence-corrected chi connectivity index (χ1v) is 25.9. The van der Waals surface area contributed by atoms with Crippen LogP contribution in [0.1, 0.15) is 245 Å². The maximum Gasteiger partial charge on any atom is 0.249 e. The zero-order valence-electron chi connectivity index (χ0n) is 39.4. The number of nitrogens with one attached hydrogen (secondary N) is 1. The monoisotopic (exact) mass is 874 g/mol. The van der Waals surface area contributed by atoms with E-state index < -0.39 is 74.2 Å². The molecule has 364 valence electrons. The molecule has 0 aromatic carbocycles. The Morgan fingerprint density at radius 3 is 1.21 bits per heavy atom. The number of unbranched alkanes of at least 4 members (excludes halogenated alkanes) is 32. The van der Waals surface area contributed by atoms with Crippen LogP contribution in [0.15, 0.2) is 0 Å². The van der Waals surface area contributed by atoms with E-state index in [1.807, 2.05) is 0 Å². The predicted octanol–water partition coefficient (Wildman–Crippen LogP) is 9.45. The molecule has 0 bridgehead atoms. The van der Waals surface area contributed by atoms with Crippen molar-refractivity contribution in [1.29, 1.82) is 0 Å². The number of rotatable bonds is 44. The standard InChI is InChI=1S/C50H99NO10/c1-3-5-7-9-11-13-15-16-17-18-19-20-21-22-23-24-25-26-27-28-30-31-33-35-37-42(53)45(55)41(40-60-50-48(58)47(57)46(56)44(39-52)61-50)51-49(59)43(54)38-36-34-32-29-14-12-10-8-6-4-2/h41-48,50,52-58H,3-40H2,1-2H3,(H,51,59). The lowest BCUT2D eigenvalue weighted by Crippen LogP contribution is -2.60. The van der Waals surface area contributed by atoms with Crippen LogP contribution < -0.4 is 5.32 Å². The van der Waals surface area contributed by atoms with E-state index in [1.54, 1.807) is 0 Å². The van der Waals surface area contributed by atoms with Gasteiger partial charge in [0.25, 0.3) is 0 Å². The molecule has 1 amide bonds. The van der Waals surface area contributed by atoms with Crippen LogP contribution in [0.3, 0.4) is 0 Å². The van der Waals surface area contributed by atoms with E-state index in [0.29, 0.717) is 19.3 Å². The smallest absolute Gasteiger partial charge is 0.249 e. The molecule has 0 spiro atoms. The SMILES string of the molecule is CCCCCCCCCCCCCCCCCCCCCCCCCCC(O)C(O)C(COC1OC(CO)C(O)C(O)C1O)NC(=O)C(O)CCCCCCCCCCCC. The first-order valence-electron chi connectivity index (χ1n) is 25.9. The topological polar surface area (TPSA) is 189 Å². The summed E-state index contributed by atoms with van der Waals surface area (Å²) in [6.07, 6.45) is 31.7. The van der Waals surface area contributed by atoms with Crippen LogP contribution >= 0.6 is 0 Å². The van der Waals surface area contributed by atoms with Gasteiger partial charge in [0.15, 0.2) is 6.29 Å². The Bertz CT molecular complexity index is 959. The van der Waals surface area contributed by atoms with Crippen molar-refractivity contribution in [3.05, 3.63) is 0 Å². The van der Waals surface area contributed by atoms with E-state index in [9.17, 15) is 40.5 Å². The van der Waals surface area contributed by atoms with Crippen molar-refractivity contribution in [2.45, 2.75) is 300 Å². The molecule has 9 unspecified atom stereocenters. The summed E-state index contributed by atoms with van der Waals surface area (Å²) in [6, 6.07) is -1.16. The summed E-state index contributed by atoms with van der Waals surface area (Å²) in [5.41, 5.74) is 0. The lowest BCUT2D eigenvalue weighted by molar-refractivity contribution is -0.303. The number of ether oxygens (including phenoxy) is 2. The lowest BCUT2D eigenvalue weighted by atomic mass is 9.98. The highest BCUT2D eigenvalue weighted by Crippen LogP contribution is 2.23. The molecule has 1 aliphatic rings. The molecule has 0 aromatic heterocycles. The molecule has 61 heavy (non-hydrogen) atoms. The van der Waals surface area contributed by atoms with E-state index in [2.05, 4.69) is 19.2 Å². The van der Waals surface area contributed by atoms with Gasteiger partial charge < -0.3 is 50.5 Å². The fourth-order valence-electron chi connectivity index (χ4n) is 8.62. The molecule has 0 saturated carbocycles. The molecular weight excluding hydrogens is 775 g/mol. The highest BCUT2D eigenvalue weighted by atomic mass is 16.7. The molecule has 11 heteroatoms. The van der Waals surface area contributed by atoms with Crippen LogP contribution in [0, 0.1) is 0 Å². The molecule has 1 fully saturated rings. The Morgan fingerprint density at radius 1 is 0.508 bits per heavy atom. The molecule has 8 N–H and O–H groups in total. The van der Waals surface area contributed by atoms with Gasteiger partial charge in [0.2, 0.25) is 5.91 Å². The van der Waals surface area contributed by atoms with E-state index in [0.717, 1.165) is 38.5 Å². The summed E-state index contributed by atoms with van der Waals surface area (Å²) in [5.74, 6) is -0.695. The van der Waals surface area contributed by atoms with Crippen LogP contribution in [0.25, 0.3) is 0 Å². The molecule has 0 radical (unpaired) electrons. The Hall–Kier alpha value is -0.890. The Kier molecular flexibility index (Phi) is 38.7. The maximum absolute atomic E-state index is 13.1. The van der Waals surface area contributed by atoms with Gasteiger partial charge in [0.05, 0.1) is 25.4 Å². The third-order valence-electron chi connectivity index (χ3n) is 12.9. The van der Waals surface area contributed by atoms with Crippen molar-refractivity contribution >= 4 is 5.91 Å².